The summed E-state index contributed by atoms with van der Waals surface area (Å²) in [5.74, 6) is -0.776. The van der Waals surface area contributed by atoms with Crippen LogP contribution in [0.15, 0.2) is 48.5 Å². The molecule has 130 valence electrons. The van der Waals surface area contributed by atoms with Crippen molar-refractivity contribution in [1.82, 2.24) is 5.32 Å². The van der Waals surface area contributed by atoms with Gasteiger partial charge < -0.3 is 15.4 Å². The highest BCUT2D eigenvalue weighted by atomic mass is 16.6. The van der Waals surface area contributed by atoms with E-state index in [1.54, 1.807) is 18.2 Å². The van der Waals surface area contributed by atoms with Gasteiger partial charge in [-0.2, -0.15) is 0 Å². The Kier molecular flexibility index (Phi) is 6.05. The number of hydrogen-bond acceptors (Lipinski definition) is 6. The van der Waals surface area contributed by atoms with Gasteiger partial charge in [-0.1, -0.05) is 12.1 Å². The molecule has 0 aromatic heterocycles. The smallest absolute Gasteiger partial charge is 0.337 e. The number of carbonyl (C=O) groups excluding carboxylic acids is 2. The number of nitro groups is 1. The molecule has 25 heavy (non-hydrogen) atoms. The zero-order chi connectivity index (χ0) is 18.2. The maximum atomic E-state index is 12.0. The summed E-state index contributed by atoms with van der Waals surface area (Å²) in [6.45, 7) is 0.612. The molecular formula is C17H17N3O5. The van der Waals surface area contributed by atoms with E-state index in [0.717, 1.165) is 0 Å². The quantitative estimate of drug-likeness (QED) is 0.345. The van der Waals surface area contributed by atoms with Crippen LogP contribution >= 0.6 is 0 Å². The third kappa shape index (κ3) is 4.77. The number of methoxy groups -OCH3 is 1. The fourth-order valence-electron chi connectivity index (χ4n) is 2.13. The van der Waals surface area contributed by atoms with Crippen LogP contribution in [0.5, 0.6) is 0 Å². The third-order valence-electron chi connectivity index (χ3n) is 3.39. The molecule has 2 rings (SSSR count). The molecule has 2 N–H and O–H groups in total. The van der Waals surface area contributed by atoms with Crippen LogP contribution in [0.1, 0.15) is 20.7 Å². The number of benzene rings is 2. The minimum atomic E-state index is -0.472. The van der Waals surface area contributed by atoms with E-state index in [4.69, 9.17) is 0 Å². The molecule has 0 bridgehead atoms. The van der Waals surface area contributed by atoms with Crippen LogP contribution in [0.3, 0.4) is 0 Å². The molecule has 2 aromatic rings. The standard InChI is InChI=1S/C17H17N3O5/c1-25-17(22)13-8-6-12(7-9-13)16(21)19-11-10-18-14-4-2-3-5-15(14)20(23)24/h2-9,18H,10-11H2,1H3,(H,19,21). The molecule has 0 spiro atoms. The van der Waals surface area contributed by atoms with Crippen molar-refractivity contribution in [2.75, 3.05) is 25.5 Å². The van der Waals surface area contributed by atoms with Crippen molar-refractivity contribution in [1.29, 1.82) is 0 Å². The number of nitro benzene ring substituents is 1. The second kappa shape index (κ2) is 8.44. The fraction of sp³-hybridized carbons (Fsp3) is 0.176. The molecule has 0 saturated carbocycles. The average molecular weight is 343 g/mol. The molecule has 0 unspecified atom stereocenters. The monoisotopic (exact) mass is 343 g/mol. The SMILES string of the molecule is COC(=O)c1ccc(C(=O)NCCNc2ccccc2[N+](=O)[O-])cc1. The Morgan fingerprint density at radius 1 is 1.04 bits per heavy atom. The summed E-state index contributed by atoms with van der Waals surface area (Å²) in [4.78, 5) is 33.8. The molecule has 0 saturated heterocycles. The van der Waals surface area contributed by atoms with Crippen molar-refractivity contribution in [3.05, 3.63) is 69.8 Å². The van der Waals surface area contributed by atoms with Gasteiger partial charge in [-0.15, -0.1) is 0 Å². The Morgan fingerprint density at radius 2 is 1.68 bits per heavy atom. The van der Waals surface area contributed by atoms with Gasteiger partial charge in [0.05, 0.1) is 17.6 Å². The lowest BCUT2D eigenvalue weighted by Crippen LogP contribution is -2.28. The van der Waals surface area contributed by atoms with Gasteiger partial charge in [-0.05, 0) is 30.3 Å². The number of rotatable bonds is 7. The largest absolute Gasteiger partial charge is 0.465 e. The Morgan fingerprint density at radius 3 is 2.32 bits per heavy atom. The Balaban J connectivity index is 1.85. The van der Waals surface area contributed by atoms with E-state index in [2.05, 4.69) is 15.4 Å². The van der Waals surface area contributed by atoms with E-state index in [-0.39, 0.29) is 18.1 Å². The van der Waals surface area contributed by atoms with Gasteiger partial charge in [-0.25, -0.2) is 4.79 Å². The zero-order valence-corrected chi connectivity index (χ0v) is 13.5. The molecule has 8 heteroatoms. The van der Waals surface area contributed by atoms with Gasteiger partial charge in [-0.3, -0.25) is 14.9 Å². The summed E-state index contributed by atoms with van der Waals surface area (Å²) in [7, 11) is 1.28. The summed E-state index contributed by atoms with van der Waals surface area (Å²) >= 11 is 0. The van der Waals surface area contributed by atoms with Crippen LogP contribution in [0, 0.1) is 10.1 Å². The highest BCUT2D eigenvalue weighted by Crippen LogP contribution is 2.22. The second-order valence-corrected chi connectivity index (χ2v) is 5.03. The molecule has 0 radical (unpaired) electrons. The number of carbonyl (C=O) groups is 2. The van der Waals surface area contributed by atoms with Crippen molar-refractivity contribution in [2.45, 2.75) is 0 Å². The topological polar surface area (TPSA) is 111 Å². The van der Waals surface area contributed by atoms with Gasteiger partial charge in [0.2, 0.25) is 0 Å². The molecule has 1 amide bonds. The summed E-state index contributed by atoms with van der Waals surface area (Å²) in [6.07, 6.45) is 0. The number of nitrogens with one attached hydrogen (secondary N) is 2. The number of ether oxygens (including phenoxy) is 1. The van der Waals surface area contributed by atoms with Gasteiger partial charge >= 0.3 is 5.97 Å². The first-order valence-corrected chi connectivity index (χ1v) is 7.47. The van der Waals surface area contributed by atoms with E-state index in [9.17, 15) is 19.7 Å². The Labute approximate surface area is 144 Å². The molecule has 0 aliphatic rings. The maximum absolute atomic E-state index is 12.0. The molecule has 2 aromatic carbocycles. The number of esters is 1. The van der Waals surface area contributed by atoms with E-state index in [0.29, 0.717) is 23.4 Å². The number of para-hydroxylation sites is 2. The number of amides is 1. The molecule has 0 heterocycles. The van der Waals surface area contributed by atoms with Crippen molar-refractivity contribution < 1.29 is 19.2 Å². The summed E-state index contributed by atoms with van der Waals surface area (Å²) in [6, 6.07) is 12.3. The molecule has 0 aliphatic heterocycles. The Bertz CT molecular complexity index is 774. The van der Waals surface area contributed by atoms with Crippen LogP contribution in [0.2, 0.25) is 0 Å². The normalized spacial score (nSPS) is 9.96. The summed E-state index contributed by atoms with van der Waals surface area (Å²) < 4.78 is 4.59. The molecule has 8 nitrogen and oxygen atoms in total. The summed E-state index contributed by atoms with van der Waals surface area (Å²) in [5, 5.41) is 16.5. The lowest BCUT2D eigenvalue weighted by atomic mass is 10.1. The number of anilines is 1. The fourth-order valence-corrected chi connectivity index (χ4v) is 2.13. The molecule has 0 fully saturated rings. The van der Waals surface area contributed by atoms with Gasteiger partial charge in [0, 0.05) is 24.7 Å². The van der Waals surface area contributed by atoms with Gasteiger partial charge in [0.25, 0.3) is 11.6 Å². The first kappa shape index (κ1) is 17.9. The number of nitrogens with zero attached hydrogens (tertiary/aromatic N) is 1. The zero-order valence-electron chi connectivity index (χ0n) is 13.5. The minimum absolute atomic E-state index is 0.0211. The van der Waals surface area contributed by atoms with Gasteiger partial charge in [0.1, 0.15) is 5.69 Å². The highest BCUT2D eigenvalue weighted by Gasteiger charge is 2.12. The second-order valence-electron chi connectivity index (χ2n) is 5.03. The van der Waals surface area contributed by atoms with Crippen molar-refractivity contribution in [3.63, 3.8) is 0 Å². The lowest BCUT2D eigenvalue weighted by Gasteiger charge is -2.08. The minimum Gasteiger partial charge on any atom is -0.465 e. The van der Waals surface area contributed by atoms with Gasteiger partial charge in [0.15, 0.2) is 0 Å². The van der Waals surface area contributed by atoms with E-state index in [1.807, 2.05) is 0 Å². The van der Waals surface area contributed by atoms with Crippen LogP contribution in [-0.4, -0.2) is 37.0 Å². The van der Waals surface area contributed by atoms with Crippen LogP contribution < -0.4 is 10.6 Å². The highest BCUT2D eigenvalue weighted by molar-refractivity contribution is 5.96. The first-order valence-electron chi connectivity index (χ1n) is 7.47. The van der Waals surface area contributed by atoms with Crippen LogP contribution in [0.25, 0.3) is 0 Å². The molecule has 0 atom stereocenters. The van der Waals surface area contributed by atoms with Crippen molar-refractivity contribution in [3.8, 4) is 0 Å². The third-order valence-corrected chi connectivity index (χ3v) is 3.39. The Hall–Kier alpha value is -3.42. The molecule has 0 aliphatic carbocycles. The number of hydrogen-bond donors (Lipinski definition) is 2. The molecular weight excluding hydrogens is 326 g/mol. The van der Waals surface area contributed by atoms with Crippen molar-refractivity contribution >= 4 is 23.3 Å². The predicted molar refractivity (Wildman–Crippen MR) is 91.7 cm³/mol. The lowest BCUT2D eigenvalue weighted by molar-refractivity contribution is -0.384. The van der Waals surface area contributed by atoms with E-state index in [1.165, 1.54) is 37.4 Å². The summed E-state index contributed by atoms with van der Waals surface area (Å²) in [5.41, 5.74) is 1.13. The first-order chi connectivity index (χ1) is 12.0. The van der Waals surface area contributed by atoms with E-state index >= 15 is 0 Å². The van der Waals surface area contributed by atoms with Crippen LogP contribution in [0.4, 0.5) is 11.4 Å². The van der Waals surface area contributed by atoms with E-state index < -0.39 is 10.9 Å². The average Bonchev–Trinajstić information content (AvgIpc) is 2.64. The predicted octanol–water partition coefficient (Wildman–Crippen LogP) is 2.22. The maximum Gasteiger partial charge on any atom is 0.337 e. The van der Waals surface area contributed by atoms with Crippen molar-refractivity contribution in [2.24, 2.45) is 0 Å². The van der Waals surface area contributed by atoms with Crippen LogP contribution in [-0.2, 0) is 4.74 Å².